The van der Waals surface area contributed by atoms with E-state index < -0.39 is 0 Å². The number of nitrogens with two attached hydrogens (primary N) is 1. The number of thiophene rings is 1. The summed E-state index contributed by atoms with van der Waals surface area (Å²) in [6.45, 7) is 0. The molecule has 0 aliphatic carbocycles. The van der Waals surface area contributed by atoms with Gasteiger partial charge < -0.3 is 5.84 Å². The van der Waals surface area contributed by atoms with E-state index in [9.17, 15) is 0 Å². The van der Waals surface area contributed by atoms with Crippen LogP contribution in [0.15, 0.2) is 46.9 Å². The Morgan fingerprint density at radius 2 is 2.05 bits per heavy atom. The maximum Gasteiger partial charge on any atom is 0.210 e. The average molecular weight is 345 g/mol. The molecule has 0 radical (unpaired) electrons. The average Bonchev–Trinajstić information content (AvgIpc) is 3.24. The number of aromatic nitrogens is 4. The highest BCUT2D eigenvalue weighted by Gasteiger charge is 2.13. The molecule has 0 aliphatic heterocycles. The minimum atomic E-state index is 0.696. The Morgan fingerprint density at radius 1 is 1.14 bits per heavy atom. The molecule has 0 aliphatic rings. The summed E-state index contributed by atoms with van der Waals surface area (Å²) in [6.07, 6.45) is 0. The number of benzene rings is 1. The van der Waals surface area contributed by atoms with Crippen LogP contribution in [0.1, 0.15) is 5.01 Å². The summed E-state index contributed by atoms with van der Waals surface area (Å²) in [5.74, 6) is 7.53. The largest absolute Gasteiger partial charge is 0.335 e. The smallest absolute Gasteiger partial charge is 0.210 e. The van der Waals surface area contributed by atoms with Crippen molar-refractivity contribution in [1.29, 1.82) is 0 Å². The number of para-hydroxylation sites is 1. The maximum atomic E-state index is 6.09. The third-order valence-electron chi connectivity index (χ3n) is 3.07. The lowest BCUT2D eigenvalue weighted by molar-refractivity contribution is 0.850. The Balaban J connectivity index is 1.54. The molecule has 3 aromatic heterocycles. The second-order valence-corrected chi connectivity index (χ2v) is 7.52. The van der Waals surface area contributed by atoms with Crippen LogP contribution in [0.5, 0.6) is 0 Å². The highest BCUT2D eigenvalue weighted by atomic mass is 32.2. The first-order valence-electron chi connectivity index (χ1n) is 6.53. The third-order valence-corrected chi connectivity index (χ3v) is 6.11. The van der Waals surface area contributed by atoms with Gasteiger partial charge >= 0.3 is 0 Å². The summed E-state index contributed by atoms with van der Waals surface area (Å²) in [4.78, 5) is 5.63. The Labute approximate surface area is 138 Å². The van der Waals surface area contributed by atoms with Crippen molar-refractivity contribution in [2.45, 2.75) is 10.9 Å². The number of thiazole rings is 1. The fraction of sp³-hybridized carbons (Fsp3) is 0.0714. The first-order valence-corrected chi connectivity index (χ1v) is 9.21. The van der Waals surface area contributed by atoms with Gasteiger partial charge in [-0.2, -0.15) is 0 Å². The fourth-order valence-electron chi connectivity index (χ4n) is 2.06. The van der Waals surface area contributed by atoms with Gasteiger partial charge in [-0.3, -0.25) is 0 Å². The van der Waals surface area contributed by atoms with Gasteiger partial charge in [0, 0.05) is 0 Å². The van der Waals surface area contributed by atoms with Crippen molar-refractivity contribution in [2.24, 2.45) is 0 Å². The molecule has 0 saturated heterocycles. The van der Waals surface area contributed by atoms with Crippen LogP contribution < -0.4 is 5.84 Å². The summed E-state index contributed by atoms with van der Waals surface area (Å²) in [7, 11) is 0. The molecule has 2 N–H and O–H groups in total. The molecule has 1 aromatic carbocycles. The van der Waals surface area contributed by atoms with Gasteiger partial charge in [0.25, 0.3) is 0 Å². The lowest BCUT2D eigenvalue weighted by Gasteiger charge is -2.00. The molecule has 22 heavy (non-hydrogen) atoms. The molecule has 0 unspecified atom stereocenters. The first-order chi connectivity index (χ1) is 10.8. The lowest BCUT2D eigenvalue weighted by Crippen LogP contribution is -2.11. The van der Waals surface area contributed by atoms with E-state index in [4.69, 9.17) is 5.84 Å². The van der Waals surface area contributed by atoms with Gasteiger partial charge in [0.1, 0.15) is 5.01 Å². The van der Waals surface area contributed by atoms with Crippen LogP contribution >= 0.6 is 34.4 Å². The number of rotatable bonds is 4. The molecule has 3 heterocycles. The molecule has 0 saturated carbocycles. The van der Waals surface area contributed by atoms with Crippen LogP contribution in [0.2, 0.25) is 0 Å². The zero-order valence-electron chi connectivity index (χ0n) is 11.3. The lowest BCUT2D eigenvalue weighted by atomic mass is 10.3. The van der Waals surface area contributed by atoms with Gasteiger partial charge in [-0.1, -0.05) is 30.0 Å². The highest BCUT2D eigenvalue weighted by Crippen LogP contribution is 2.29. The van der Waals surface area contributed by atoms with Crippen LogP contribution in [0, 0.1) is 0 Å². The van der Waals surface area contributed by atoms with E-state index in [-0.39, 0.29) is 0 Å². The van der Waals surface area contributed by atoms with Crippen molar-refractivity contribution in [3.8, 4) is 10.7 Å². The van der Waals surface area contributed by atoms with Gasteiger partial charge in [-0.15, -0.1) is 32.9 Å². The summed E-state index contributed by atoms with van der Waals surface area (Å²) >= 11 is 4.85. The van der Waals surface area contributed by atoms with Crippen molar-refractivity contribution in [1.82, 2.24) is 19.9 Å². The molecule has 0 fully saturated rings. The van der Waals surface area contributed by atoms with Crippen molar-refractivity contribution in [3.05, 3.63) is 46.8 Å². The van der Waals surface area contributed by atoms with Gasteiger partial charge in [-0.25, -0.2) is 9.66 Å². The van der Waals surface area contributed by atoms with E-state index in [1.54, 1.807) is 39.1 Å². The van der Waals surface area contributed by atoms with Gasteiger partial charge in [-0.05, 0) is 23.6 Å². The molecule has 0 spiro atoms. The maximum absolute atomic E-state index is 6.09. The van der Waals surface area contributed by atoms with Crippen LogP contribution in [0.3, 0.4) is 0 Å². The first kappa shape index (κ1) is 13.7. The molecular weight excluding hydrogens is 334 g/mol. The number of nitrogens with zero attached hydrogens (tertiary/aromatic N) is 4. The molecule has 4 rings (SSSR count). The molecule has 8 heteroatoms. The van der Waals surface area contributed by atoms with Crippen molar-refractivity contribution >= 4 is 44.7 Å². The molecule has 0 amide bonds. The molecule has 0 atom stereocenters. The van der Waals surface area contributed by atoms with Crippen molar-refractivity contribution in [2.75, 3.05) is 5.84 Å². The van der Waals surface area contributed by atoms with Gasteiger partial charge in [0.2, 0.25) is 5.16 Å². The minimum absolute atomic E-state index is 0.696. The van der Waals surface area contributed by atoms with Crippen LogP contribution in [-0.4, -0.2) is 19.9 Å². The van der Waals surface area contributed by atoms with E-state index in [2.05, 4.69) is 21.2 Å². The molecular formula is C14H11N5S3. The summed E-state index contributed by atoms with van der Waals surface area (Å²) in [5, 5.41) is 12.1. The number of fused-ring (bicyclic) bond motifs is 1. The summed E-state index contributed by atoms with van der Waals surface area (Å²) in [5.41, 5.74) is 1.04. The van der Waals surface area contributed by atoms with Crippen LogP contribution in [0.25, 0.3) is 20.9 Å². The summed E-state index contributed by atoms with van der Waals surface area (Å²) < 4.78 is 2.75. The standard InChI is InChI=1S/C14H11N5S3/c15-19-13(11-6-3-7-20-11)17-18-14(19)21-8-12-16-9-4-1-2-5-10(9)22-12/h1-7H,8,15H2. The van der Waals surface area contributed by atoms with E-state index >= 15 is 0 Å². The second-order valence-electron chi connectivity index (χ2n) is 4.52. The Kier molecular flexibility index (Phi) is 3.57. The predicted octanol–water partition coefficient (Wildman–Crippen LogP) is 3.62. The molecule has 4 aromatic rings. The molecule has 5 nitrogen and oxygen atoms in total. The normalized spacial score (nSPS) is 11.3. The van der Waals surface area contributed by atoms with E-state index in [0.29, 0.717) is 11.0 Å². The Morgan fingerprint density at radius 3 is 2.86 bits per heavy atom. The Bertz CT molecular complexity index is 877. The SMILES string of the molecule is Nn1c(SCc2nc3ccccc3s2)nnc1-c1cccs1. The number of nitrogen functional groups attached to an aromatic ring is 1. The fourth-order valence-corrected chi connectivity index (χ4v) is 4.58. The Hall–Kier alpha value is -1.90. The number of hydrogen-bond donors (Lipinski definition) is 1. The zero-order valence-corrected chi connectivity index (χ0v) is 13.8. The second kappa shape index (κ2) is 5.71. The topological polar surface area (TPSA) is 69.6 Å². The minimum Gasteiger partial charge on any atom is -0.335 e. The monoisotopic (exact) mass is 345 g/mol. The highest BCUT2D eigenvalue weighted by molar-refractivity contribution is 7.98. The molecule has 110 valence electrons. The summed E-state index contributed by atoms with van der Waals surface area (Å²) in [6, 6.07) is 12.1. The van der Waals surface area contributed by atoms with Gasteiger partial charge in [0.15, 0.2) is 5.82 Å². The predicted molar refractivity (Wildman–Crippen MR) is 92.7 cm³/mol. The molecule has 0 bridgehead atoms. The van der Waals surface area contributed by atoms with Crippen LogP contribution in [-0.2, 0) is 5.75 Å². The van der Waals surface area contributed by atoms with Crippen molar-refractivity contribution < 1.29 is 0 Å². The number of thioether (sulfide) groups is 1. The van der Waals surface area contributed by atoms with E-state index in [1.807, 2.05) is 35.7 Å². The van der Waals surface area contributed by atoms with E-state index in [1.165, 1.54) is 4.70 Å². The zero-order chi connectivity index (χ0) is 14.9. The third kappa shape index (κ3) is 2.49. The van der Waals surface area contributed by atoms with Crippen molar-refractivity contribution in [3.63, 3.8) is 0 Å². The van der Waals surface area contributed by atoms with E-state index in [0.717, 1.165) is 21.2 Å². The van der Waals surface area contributed by atoms with Gasteiger partial charge in [0.05, 0.1) is 20.8 Å². The quantitative estimate of drug-likeness (QED) is 0.452. The number of hydrogen-bond acceptors (Lipinski definition) is 7. The van der Waals surface area contributed by atoms with Crippen LogP contribution in [0.4, 0.5) is 0 Å².